The molecule has 12 heteroatoms. The highest BCUT2D eigenvalue weighted by atomic mass is 16.8. The van der Waals surface area contributed by atoms with Gasteiger partial charge in [0, 0.05) is 6.54 Å². The smallest absolute Gasteiger partial charge is 0.424 e. The van der Waals surface area contributed by atoms with Crippen LogP contribution in [0.4, 0.5) is 10.7 Å². The first-order valence-corrected chi connectivity index (χ1v) is 7.71. The van der Waals surface area contributed by atoms with Crippen molar-refractivity contribution in [1.29, 1.82) is 0 Å². The number of aliphatic hydroxyl groups excluding tert-OH is 1. The summed E-state index contributed by atoms with van der Waals surface area (Å²) in [4.78, 5) is 43.1. The normalized spacial score (nSPS) is 27.3. The van der Waals surface area contributed by atoms with Crippen LogP contribution in [0, 0.1) is 0 Å². The number of anilines is 1. The van der Waals surface area contributed by atoms with E-state index < -0.39 is 48.6 Å². The molecule has 2 aliphatic heterocycles. The lowest BCUT2D eigenvalue weighted by Gasteiger charge is -2.16. The summed E-state index contributed by atoms with van der Waals surface area (Å²) in [5.41, 5.74) is 4.30. The fourth-order valence-electron chi connectivity index (χ4n) is 3.31. The van der Waals surface area contributed by atoms with Crippen LogP contribution < -0.4 is 17.0 Å². The number of nitrogens with two attached hydrogens (primary N) is 1. The molecular formula is C14H15N5O7. The van der Waals surface area contributed by atoms with Gasteiger partial charge in [-0.15, -0.1) is 6.58 Å². The molecule has 2 saturated heterocycles. The van der Waals surface area contributed by atoms with Crippen LogP contribution in [0.5, 0.6) is 0 Å². The quantitative estimate of drug-likeness (QED) is 0.430. The Bertz CT molecular complexity index is 1020. The molecule has 12 nitrogen and oxygen atoms in total. The number of hydrogen-bond donors (Lipinski definition) is 3. The highest BCUT2D eigenvalue weighted by Crippen LogP contribution is 2.38. The molecular weight excluding hydrogens is 350 g/mol. The number of ether oxygens (including phenoxy) is 3. The summed E-state index contributed by atoms with van der Waals surface area (Å²) >= 11 is 0. The van der Waals surface area contributed by atoms with Gasteiger partial charge >= 0.3 is 11.8 Å². The van der Waals surface area contributed by atoms with Crippen molar-refractivity contribution in [2.24, 2.45) is 0 Å². The number of aromatic nitrogens is 4. The summed E-state index contributed by atoms with van der Waals surface area (Å²) in [5.74, 6) is -0.195. The third kappa shape index (κ3) is 2.16. The second kappa shape index (κ2) is 5.71. The summed E-state index contributed by atoms with van der Waals surface area (Å²) in [6, 6.07) is 0. The number of fused-ring (bicyclic) bond motifs is 2. The maximum Gasteiger partial charge on any atom is 0.509 e. The van der Waals surface area contributed by atoms with Gasteiger partial charge in [-0.05, 0) is 0 Å². The Kier molecular flexibility index (Phi) is 3.59. The van der Waals surface area contributed by atoms with Gasteiger partial charge in [0.2, 0.25) is 5.95 Å². The lowest BCUT2D eigenvalue weighted by molar-refractivity contribution is -0.0717. The number of H-pyrrole nitrogens is 1. The van der Waals surface area contributed by atoms with Gasteiger partial charge in [-0.25, -0.2) is 14.2 Å². The van der Waals surface area contributed by atoms with Crippen LogP contribution in [0.25, 0.3) is 11.2 Å². The average Bonchev–Trinajstić information content (AvgIpc) is 3.19. The molecule has 4 atom stereocenters. The number of nitrogens with one attached hydrogen (secondary N) is 1. The van der Waals surface area contributed by atoms with Crippen LogP contribution in [0.15, 0.2) is 22.2 Å². The van der Waals surface area contributed by atoms with Gasteiger partial charge in [-0.3, -0.25) is 14.3 Å². The van der Waals surface area contributed by atoms with E-state index >= 15 is 0 Å². The number of allylic oxidation sites excluding steroid dienone is 1. The van der Waals surface area contributed by atoms with Gasteiger partial charge in [0.15, 0.2) is 29.6 Å². The van der Waals surface area contributed by atoms with Crippen molar-refractivity contribution in [2.75, 3.05) is 12.3 Å². The van der Waals surface area contributed by atoms with Crippen molar-refractivity contribution in [2.45, 2.75) is 31.1 Å². The van der Waals surface area contributed by atoms with Gasteiger partial charge in [0.1, 0.15) is 6.10 Å². The first kappa shape index (κ1) is 16.4. The minimum absolute atomic E-state index is 0.0260. The Morgan fingerprint density at radius 1 is 1.31 bits per heavy atom. The highest BCUT2D eigenvalue weighted by Gasteiger charge is 2.55. The van der Waals surface area contributed by atoms with E-state index in [9.17, 15) is 19.5 Å². The Labute approximate surface area is 144 Å². The van der Waals surface area contributed by atoms with E-state index in [1.165, 1.54) is 6.08 Å². The summed E-state index contributed by atoms with van der Waals surface area (Å²) in [6.45, 7) is 3.15. The van der Waals surface area contributed by atoms with Crippen molar-refractivity contribution < 1.29 is 24.1 Å². The molecule has 2 fully saturated rings. The van der Waals surface area contributed by atoms with E-state index in [1.807, 2.05) is 0 Å². The third-order valence-electron chi connectivity index (χ3n) is 4.33. The molecule has 2 aromatic rings. The zero-order chi connectivity index (χ0) is 18.6. The van der Waals surface area contributed by atoms with E-state index in [1.54, 1.807) is 0 Å². The zero-order valence-corrected chi connectivity index (χ0v) is 13.3. The molecule has 0 unspecified atom stereocenters. The summed E-state index contributed by atoms with van der Waals surface area (Å²) in [6.07, 6.45) is -3.39. The van der Waals surface area contributed by atoms with E-state index in [0.29, 0.717) is 0 Å². The molecule has 0 aromatic carbocycles. The number of carbonyl (C=O) groups is 1. The fourth-order valence-corrected chi connectivity index (χ4v) is 3.31. The van der Waals surface area contributed by atoms with E-state index in [2.05, 4.69) is 16.5 Å². The molecule has 0 radical (unpaired) electrons. The average molecular weight is 365 g/mol. The van der Waals surface area contributed by atoms with Crippen LogP contribution in [-0.4, -0.2) is 55.3 Å². The van der Waals surface area contributed by atoms with Crippen molar-refractivity contribution in [3.05, 3.63) is 33.5 Å². The van der Waals surface area contributed by atoms with Gasteiger partial charge in [0.05, 0.1) is 6.61 Å². The second-order valence-electron chi connectivity index (χ2n) is 5.84. The molecule has 26 heavy (non-hydrogen) atoms. The van der Waals surface area contributed by atoms with Crippen LogP contribution in [0.2, 0.25) is 0 Å². The Hall–Kier alpha value is -3.12. The Morgan fingerprint density at radius 3 is 2.73 bits per heavy atom. The predicted molar refractivity (Wildman–Crippen MR) is 85.4 cm³/mol. The van der Waals surface area contributed by atoms with Crippen molar-refractivity contribution in [3.63, 3.8) is 0 Å². The molecule has 0 bridgehead atoms. The number of aromatic amines is 1. The minimum atomic E-state index is -1.14. The molecule has 4 heterocycles. The maximum absolute atomic E-state index is 12.9. The zero-order valence-electron chi connectivity index (χ0n) is 13.3. The van der Waals surface area contributed by atoms with Gasteiger partial charge in [-0.1, -0.05) is 6.08 Å². The summed E-state index contributed by atoms with van der Waals surface area (Å²) in [5, 5.41) is 9.46. The standard InChI is InChI=1S/C14H15N5O7/c1-2-3-18-6-9(16-12(15)17-10(6)21)19(13(18)22)11-8-7(5(4-20)24-11)25-14(23)26-8/h2,5,7-8,11,20H,1,3-4H2,(H3,15,16,17,21)/t5-,7-,8-,11-/m1/s1. The molecule has 138 valence electrons. The van der Waals surface area contributed by atoms with Crippen LogP contribution >= 0.6 is 0 Å². The largest absolute Gasteiger partial charge is 0.509 e. The third-order valence-corrected chi connectivity index (χ3v) is 4.33. The predicted octanol–water partition coefficient (Wildman–Crippen LogP) is -1.55. The molecule has 4 N–H and O–H groups in total. The van der Waals surface area contributed by atoms with E-state index in [0.717, 1.165) is 9.13 Å². The van der Waals surface area contributed by atoms with Crippen LogP contribution in [0.3, 0.4) is 0 Å². The number of nitrogen functional groups attached to an aromatic ring is 1. The van der Waals surface area contributed by atoms with E-state index in [4.69, 9.17) is 19.9 Å². The monoisotopic (exact) mass is 365 g/mol. The molecule has 0 amide bonds. The van der Waals surface area contributed by atoms with Gasteiger partial charge < -0.3 is 25.1 Å². The SMILES string of the molecule is C=CCn1c(=O)n([C@@H]2O[C@H](CO)[C@H]3OC(=O)O[C@H]32)c2nc(N)[nH]c(=O)c21. The summed E-state index contributed by atoms with van der Waals surface area (Å²) < 4.78 is 18.0. The molecule has 4 rings (SSSR count). The minimum Gasteiger partial charge on any atom is -0.424 e. The summed E-state index contributed by atoms with van der Waals surface area (Å²) in [7, 11) is 0. The molecule has 0 aliphatic carbocycles. The number of imidazole rings is 1. The molecule has 2 aliphatic rings. The Morgan fingerprint density at radius 2 is 2.04 bits per heavy atom. The number of rotatable bonds is 4. The van der Waals surface area contributed by atoms with Gasteiger partial charge in [-0.2, -0.15) is 4.98 Å². The van der Waals surface area contributed by atoms with Crippen LogP contribution in [-0.2, 0) is 20.8 Å². The number of aliphatic hydroxyl groups is 1. The van der Waals surface area contributed by atoms with Crippen molar-refractivity contribution in [1.82, 2.24) is 19.1 Å². The lowest BCUT2D eigenvalue weighted by atomic mass is 10.1. The molecule has 0 spiro atoms. The first-order chi connectivity index (χ1) is 12.5. The lowest BCUT2D eigenvalue weighted by Crippen LogP contribution is -2.34. The second-order valence-corrected chi connectivity index (χ2v) is 5.84. The fraction of sp³-hybridized carbons (Fsp3) is 0.429. The van der Waals surface area contributed by atoms with Crippen molar-refractivity contribution in [3.8, 4) is 0 Å². The molecule has 0 saturated carbocycles. The van der Waals surface area contributed by atoms with E-state index in [-0.39, 0.29) is 23.7 Å². The van der Waals surface area contributed by atoms with Crippen molar-refractivity contribution >= 4 is 23.3 Å². The first-order valence-electron chi connectivity index (χ1n) is 7.71. The number of hydrogen-bond acceptors (Lipinski definition) is 9. The topological polar surface area (TPSA) is 164 Å². The van der Waals surface area contributed by atoms with Crippen LogP contribution in [0.1, 0.15) is 6.23 Å². The maximum atomic E-state index is 12.9. The highest BCUT2D eigenvalue weighted by molar-refractivity contribution is 5.72. The number of nitrogens with zero attached hydrogens (tertiary/aromatic N) is 3. The number of carbonyl (C=O) groups excluding carboxylic acids is 1. The Balaban J connectivity index is 1.96. The molecule has 2 aromatic heterocycles. The van der Waals surface area contributed by atoms with Gasteiger partial charge in [0.25, 0.3) is 5.56 Å².